The van der Waals surface area contributed by atoms with Crippen LogP contribution in [0.1, 0.15) is 11.1 Å². The molecule has 2 nitrogen and oxygen atoms in total. The topological polar surface area (TPSA) is 18.5 Å². The van der Waals surface area contributed by atoms with E-state index in [1.807, 2.05) is 0 Å². The largest absolute Gasteiger partial charge is 0.494 e. The normalized spacial score (nSPS) is 10.5. The van der Waals surface area contributed by atoms with Crippen molar-refractivity contribution in [3.63, 3.8) is 0 Å². The lowest BCUT2D eigenvalue weighted by molar-refractivity contribution is 0.290. The van der Waals surface area contributed by atoms with Crippen molar-refractivity contribution in [1.82, 2.24) is 0 Å². The highest BCUT2D eigenvalue weighted by atomic mass is 19.2. The van der Waals surface area contributed by atoms with E-state index in [1.54, 1.807) is 36.4 Å². The highest BCUT2D eigenvalue weighted by Crippen LogP contribution is 2.30. The maximum Gasteiger partial charge on any atom is 0.201 e. The lowest BCUT2D eigenvalue weighted by Crippen LogP contribution is -1.98. The minimum Gasteiger partial charge on any atom is -0.494 e. The summed E-state index contributed by atoms with van der Waals surface area (Å²) >= 11 is 0. The van der Waals surface area contributed by atoms with Crippen LogP contribution in [0, 0.1) is 17.5 Å². The smallest absolute Gasteiger partial charge is 0.201 e. The van der Waals surface area contributed by atoms with E-state index in [0.29, 0.717) is 11.1 Å². The summed E-state index contributed by atoms with van der Waals surface area (Å²) in [6.07, 6.45) is 1.55. The summed E-state index contributed by atoms with van der Waals surface area (Å²) in [4.78, 5) is 0. The number of ether oxygens (including phenoxy) is 2. The van der Waals surface area contributed by atoms with Crippen molar-refractivity contribution in [2.75, 3.05) is 7.11 Å². The van der Waals surface area contributed by atoms with Crippen molar-refractivity contribution < 1.29 is 22.6 Å². The van der Waals surface area contributed by atoms with Gasteiger partial charge in [-0.15, -0.1) is 0 Å². The molecule has 3 aromatic carbocycles. The van der Waals surface area contributed by atoms with Crippen LogP contribution in [0.5, 0.6) is 11.5 Å². The minimum atomic E-state index is -1.03. The van der Waals surface area contributed by atoms with Crippen molar-refractivity contribution in [1.29, 1.82) is 0 Å². The second-order valence-electron chi connectivity index (χ2n) is 5.82. The summed E-state index contributed by atoms with van der Waals surface area (Å²) in [6.45, 7) is 3.73. The van der Waals surface area contributed by atoms with Gasteiger partial charge < -0.3 is 9.47 Å². The van der Waals surface area contributed by atoms with E-state index < -0.39 is 17.5 Å². The van der Waals surface area contributed by atoms with Crippen LogP contribution in [0.15, 0.2) is 61.2 Å². The van der Waals surface area contributed by atoms with Crippen LogP contribution >= 0.6 is 0 Å². The quantitative estimate of drug-likeness (QED) is 0.530. The third kappa shape index (κ3) is 3.97. The Bertz CT molecular complexity index is 966. The maximum atomic E-state index is 14.2. The SMILES string of the molecule is C=Cc1ccc(OCc2ccc(-c3ccc(OC)c(F)c3F)cc2)c(F)c1. The molecule has 0 aliphatic heterocycles. The van der Waals surface area contributed by atoms with Gasteiger partial charge in [-0.05, 0) is 41.0 Å². The molecule has 3 rings (SSSR count). The molecule has 3 aromatic rings. The maximum absolute atomic E-state index is 14.2. The molecular weight excluding hydrogens is 353 g/mol. The number of hydrogen-bond acceptors (Lipinski definition) is 2. The van der Waals surface area contributed by atoms with Crippen molar-refractivity contribution in [3.8, 4) is 22.6 Å². The Kier molecular flexibility index (Phi) is 5.50. The van der Waals surface area contributed by atoms with E-state index in [2.05, 4.69) is 6.58 Å². The molecule has 0 fully saturated rings. The van der Waals surface area contributed by atoms with E-state index >= 15 is 0 Å². The van der Waals surface area contributed by atoms with Crippen molar-refractivity contribution >= 4 is 6.08 Å². The van der Waals surface area contributed by atoms with Gasteiger partial charge in [-0.1, -0.05) is 43.0 Å². The molecule has 0 unspecified atom stereocenters. The zero-order valence-corrected chi connectivity index (χ0v) is 14.6. The van der Waals surface area contributed by atoms with Crippen molar-refractivity contribution in [3.05, 3.63) is 89.8 Å². The van der Waals surface area contributed by atoms with Crippen molar-refractivity contribution in [2.45, 2.75) is 6.61 Å². The first-order chi connectivity index (χ1) is 13.0. The van der Waals surface area contributed by atoms with Crippen LogP contribution in [0.25, 0.3) is 17.2 Å². The molecule has 0 atom stereocenters. The molecule has 0 aliphatic rings. The van der Waals surface area contributed by atoms with Gasteiger partial charge in [0.2, 0.25) is 5.82 Å². The van der Waals surface area contributed by atoms with E-state index in [9.17, 15) is 13.2 Å². The lowest BCUT2D eigenvalue weighted by Gasteiger charge is -2.10. The van der Waals surface area contributed by atoms with Gasteiger partial charge >= 0.3 is 0 Å². The Morgan fingerprint density at radius 3 is 2.22 bits per heavy atom. The van der Waals surface area contributed by atoms with Crippen LogP contribution in [0.4, 0.5) is 13.2 Å². The molecule has 5 heteroatoms. The van der Waals surface area contributed by atoms with Crippen LogP contribution in [0.2, 0.25) is 0 Å². The second-order valence-corrected chi connectivity index (χ2v) is 5.82. The van der Waals surface area contributed by atoms with Gasteiger partial charge in [0.15, 0.2) is 23.1 Å². The van der Waals surface area contributed by atoms with Gasteiger partial charge in [0.1, 0.15) is 6.61 Å². The molecule has 0 heterocycles. The van der Waals surface area contributed by atoms with Crippen LogP contribution in [-0.4, -0.2) is 7.11 Å². The fourth-order valence-corrected chi connectivity index (χ4v) is 2.62. The van der Waals surface area contributed by atoms with E-state index in [0.717, 1.165) is 5.56 Å². The Morgan fingerprint density at radius 2 is 1.59 bits per heavy atom. The molecule has 0 saturated heterocycles. The number of hydrogen-bond donors (Lipinski definition) is 0. The Hall–Kier alpha value is -3.21. The van der Waals surface area contributed by atoms with Gasteiger partial charge in [-0.2, -0.15) is 4.39 Å². The minimum absolute atomic E-state index is 0.131. The molecule has 138 valence electrons. The predicted octanol–water partition coefficient (Wildman–Crippen LogP) is 6.00. The molecule has 0 amide bonds. The number of rotatable bonds is 6. The van der Waals surface area contributed by atoms with Crippen LogP contribution in [0.3, 0.4) is 0 Å². The molecule has 27 heavy (non-hydrogen) atoms. The summed E-state index contributed by atoms with van der Waals surface area (Å²) in [5.74, 6) is -2.48. The van der Waals surface area contributed by atoms with E-state index in [-0.39, 0.29) is 23.7 Å². The molecule has 0 radical (unpaired) electrons. The summed E-state index contributed by atoms with van der Waals surface area (Å²) in [7, 11) is 1.28. The van der Waals surface area contributed by atoms with Crippen molar-refractivity contribution in [2.24, 2.45) is 0 Å². The zero-order valence-electron chi connectivity index (χ0n) is 14.6. The summed E-state index contributed by atoms with van der Waals surface area (Å²) in [6, 6.07) is 14.2. The Morgan fingerprint density at radius 1 is 0.889 bits per heavy atom. The number of methoxy groups -OCH3 is 1. The van der Waals surface area contributed by atoms with Gasteiger partial charge in [0.05, 0.1) is 7.11 Å². The third-order valence-electron chi connectivity index (χ3n) is 4.12. The van der Waals surface area contributed by atoms with Gasteiger partial charge in [0, 0.05) is 5.56 Å². The highest BCUT2D eigenvalue weighted by molar-refractivity contribution is 5.65. The van der Waals surface area contributed by atoms with E-state index in [4.69, 9.17) is 9.47 Å². The van der Waals surface area contributed by atoms with Gasteiger partial charge in [-0.25, -0.2) is 8.78 Å². The van der Waals surface area contributed by atoms with Gasteiger partial charge in [0.25, 0.3) is 0 Å². The highest BCUT2D eigenvalue weighted by Gasteiger charge is 2.15. The Labute approximate surface area is 155 Å². The number of halogens is 3. The van der Waals surface area contributed by atoms with E-state index in [1.165, 1.54) is 31.4 Å². The molecule has 0 saturated carbocycles. The lowest BCUT2D eigenvalue weighted by atomic mass is 10.0. The van der Waals surface area contributed by atoms with Crippen LogP contribution < -0.4 is 9.47 Å². The first-order valence-corrected chi connectivity index (χ1v) is 8.19. The predicted molar refractivity (Wildman–Crippen MR) is 99.2 cm³/mol. The molecule has 0 aliphatic carbocycles. The first-order valence-electron chi connectivity index (χ1n) is 8.19. The summed E-state index contributed by atoms with van der Waals surface area (Å²) in [5.41, 5.74) is 2.07. The summed E-state index contributed by atoms with van der Waals surface area (Å²) in [5, 5.41) is 0. The molecule has 0 N–H and O–H groups in total. The first kappa shape index (κ1) is 18.6. The van der Waals surface area contributed by atoms with Crippen LogP contribution in [-0.2, 0) is 6.61 Å². The summed E-state index contributed by atoms with van der Waals surface area (Å²) < 4.78 is 52.2. The standard InChI is InChI=1S/C22H17F3O2/c1-3-14-6-10-19(18(23)12-14)27-13-15-4-7-16(8-5-15)17-9-11-20(26-2)22(25)21(17)24/h3-12H,1,13H2,2H3. The average molecular weight is 370 g/mol. The zero-order chi connectivity index (χ0) is 19.4. The molecular formula is C22H17F3O2. The number of benzene rings is 3. The fraction of sp³-hybridized carbons (Fsp3) is 0.0909. The Balaban J connectivity index is 1.74. The third-order valence-corrected chi connectivity index (χ3v) is 4.12. The second kappa shape index (κ2) is 7.99. The fourth-order valence-electron chi connectivity index (χ4n) is 2.62. The average Bonchev–Trinajstić information content (AvgIpc) is 2.69. The monoisotopic (exact) mass is 370 g/mol. The molecule has 0 bridgehead atoms. The molecule has 0 aromatic heterocycles. The van der Waals surface area contributed by atoms with Gasteiger partial charge in [-0.3, -0.25) is 0 Å². The molecule has 0 spiro atoms.